The first-order chi connectivity index (χ1) is 7.79. The number of amides is 1. The Kier molecular flexibility index (Phi) is 12.3. The largest absolute Gasteiger partial charge is 0.448 e. The van der Waals surface area contributed by atoms with Crippen molar-refractivity contribution in [3.05, 3.63) is 17.8 Å². The highest BCUT2D eigenvalue weighted by Crippen LogP contribution is 2.06. The van der Waals surface area contributed by atoms with Crippen LogP contribution in [0, 0.1) is 0 Å². The fourth-order valence-corrected chi connectivity index (χ4v) is 1.36. The van der Waals surface area contributed by atoms with Gasteiger partial charge in [0.05, 0.1) is 0 Å². The van der Waals surface area contributed by atoms with Crippen molar-refractivity contribution in [1.82, 2.24) is 15.6 Å². The number of aryl methyl sites for hydroxylation is 1. The number of nitrogens with one attached hydrogen (secondary N) is 2. The van der Waals surface area contributed by atoms with Gasteiger partial charge in [-0.25, -0.2) is 4.98 Å². The molecule has 106 valence electrons. The summed E-state index contributed by atoms with van der Waals surface area (Å²) in [6.07, 6.45) is 3.08. The fourth-order valence-electron chi connectivity index (χ4n) is 1.36. The first-order valence-corrected chi connectivity index (χ1v) is 5.70. The molecular formula is C11H21Cl2N3O2. The van der Waals surface area contributed by atoms with E-state index in [9.17, 15) is 4.79 Å². The Balaban J connectivity index is 0. The maximum atomic E-state index is 11.7. The van der Waals surface area contributed by atoms with Crippen LogP contribution in [0.2, 0.25) is 0 Å². The molecule has 2 N–H and O–H groups in total. The van der Waals surface area contributed by atoms with Crippen molar-refractivity contribution >= 4 is 30.7 Å². The molecule has 0 fully saturated rings. The van der Waals surface area contributed by atoms with Crippen LogP contribution in [0.3, 0.4) is 0 Å². The number of hydrogen-bond acceptors (Lipinski definition) is 4. The van der Waals surface area contributed by atoms with Crippen molar-refractivity contribution in [3.63, 3.8) is 0 Å². The smallest absolute Gasteiger partial charge is 0.273 e. The maximum absolute atomic E-state index is 11.7. The second kappa shape index (κ2) is 11.3. The highest BCUT2D eigenvalue weighted by molar-refractivity contribution is 5.93. The first kappa shape index (κ1) is 19.6. The molecule has 1 rings (SSSR count). The number of carbonyl (C=O) groups is 1. The number of hydrogen-bond donors (Lipinski definition) is 2. The van der Waals surface area contributed by atoms with Crippen molar-refractivity contribution in [2.45, 2.75) is 26.7 Å². The van der Waals surface area contributed by atoms with Crippen LogP contribution in [0.25, 0.3) is 0 Å². The highest BCUT2D eigenvalue weighted by Gasteiger charge is 2.14. The van der Waals surface area contributed by atoms with E-state index in [1.807, 2.05) is 6.92 Å². The molecule has 0 aliphatic rings. The Bertz CT molecular complexity index is 332. The van der Waals surface area contributed by atoms with Gasteiger partial charge in [0.15, 0.2) is 12.1 Å². The van der Waals surface area contributed by atoms with Gasteiger partial charge in [-0.2, -0.15) is 0 Å². The SMILES string of the molecule is CCCNCCNC(=O)c1ncoc1CC.Cl.Cl. The summed E-state index contributed by atoms with van der Waals surface area (Å²) < 4.78 is 5.09. The molecule has 0 unspecified atom stereocenters. The summed E-state index contributed by atoms with van der Waals surface area (Å²) in [6.45, 7) is 6.39. The quantitative estimate of drug-likeness (QED) is 0.753. The molecule has 0 radical (unpaired) electrons. The van der Waals surface area contributed by atoms with Gasteiger partial charge in [-0.15, -0.1) is 24.8 Å². The summed E-state index contributed by atoms with van der Waals surface area (Å²) in [6, 6.07) is 0. The van der Waals surface area contributed by atoms with Crippen LogP contribution in [0.5, 0.6) is 0 Å². The van der Waals surface area contributed by atoms with E-state index in [1.54, 1.807) is 0 Å². The molecular weight excluding hydrogens is 277 g/mol. The molecule has 1 aromatic rings. The number of halogens is 2. The molecule has 0 aliphatic carbocycles. The van der Waals surface area contributed by atoms with Crippen LogP contribution >= 0.6 is 24.8 Å². The zero-order chi connectivity index (χ0) is 11.8. The van der Waals surface area contributed by atoms with E-state index < -0.39 is 0 Å². The van der Waals surface area contributed by atoms with Crippen LogP contribution in [-0.2, 0) is 6.42 Å². The Morgan fingerprint density at radius 2 is 2.00 bits per heavy atom. The van der Waals surface area contributed by atoms with Gasteiger partial charge in [-0.05, 0) is 13.0 Å². The predicted molar refractivity (Wildman–Crippen MR) is 75.9 cm³/mol. The average molecular weight is 298 g/mol. The standard InChI is InChI=1S/C11H19N3O2.2ClH/c1-3-5-12-6-7-13-11(15)10-9(4-2)16-8-14-10;;/h8,12H,3-7H2,1-2H3,(H,13,15);2*1H. The van der Waals surface area contributed by atoms with Gasteiger partial charge in [0, 0.05) is 19.5 Å². The predicted octanol–water partition coefficient (Wildman–Crippen LogP) is 1.81. The molecule has 0 saturated carbocycles. The van der Waals surface area contributed by atoms with Crippen molar-refractivity contribution in [2.24, 2.45) is 0 Å². The molecule has 0 aromatic carbocycles. The van der Waals surface area contributed by atoms with Gasteiger partial charge in [-0.3, -0.25) is 4.79 Å². The third-order valence-electron chi connectivity index (χ3n) is 2.19. The van der Waals surface area contributed by atoms with Crippen LogP contribution in [0.15, 0.2) is 10.8 Å². The molecule has 5 nitrogen and oxygen atoms in total. The lowest BCUT2D eigenvalue weighted by Crippen LogP contribution is -2.32. The van der Waals surface area contributed by atoms with Crippen molar-refractivity contribution < 1.29 is 9.21 Å². The van der Waals surface area contributed by atoms with Crippen molar-refractivity contribution in [3.8, 4) is 0 Å². The Hall–Kier alpha value is -0.780. The third-order valence-corrected chi connectivity index (χ3v) is 2.19. The Labute approximate surface area is 120 Å². The highest BCUT2D eigenvalue weighted by atomic mass is 35.5. The molecule has 0 spiro atoms. The molecule has 18 heavy (non-hydrogen) atoms. The average Bonchev–Trinajstić information content (AvgIpc) is 2.76. The van der Waals surface area contributed by atoms with Gasteiger partial charge in [0.2, 0.25) is 0 Å². The minimum absolute atomic E-state index is 0. The topological polar surface area (TPSA) is 67.2 Å². The van der Waals surface area contributed by atoms with E-state index >= 15 is 0 Å². The van der Waals surface area contributed by atoms with E-state index in [1.165, 1.54) is 6.39 Å². The second-order valence-electron chi connectivity index (χ2n) is 3.48. The zero-order valence-electron chi connectivity index (χ0n) is 10.7. The van der Waals surface area contributed by atoms with Gasteiger partial charge >= 0.3 is 0 Å². The van der Waals surface area contributed by atoms with Crippen molar-refractivity contribution in [2.75, 3.05) is 19.6 Å². The molecule has 0 atom stereocenters. The number of oxazole rings is 1. The first-order valence-electron chi connectivity index (χ1n) is 5.70. The molecule has 0 saturated heterocycles. The minimum atomic E-state index is -0.163. The fraction of sp³-hybridized carbons (Fsp3) is 0.636. The summed E-state index contributed by atoms with van der Waals surface area (Å²) in [4.78, 5) is 15.6. The second-order valence-corrected chi connectivity index (χ2v) is 3.48. The van der Waals surface area contributed by atoms with Crippen LogP contribution in [-0.4, -0.2) is 30.5 Å². The molecule has 1 heterocycles. The summed E-state index contributed by atoms with van der Waals surface area (Å²) in [7, 11) is 0. The van der Waals surface area contributed by atoms with Crippen LogP contribution < -0.4 is 10.6 Å². The van der Waals surface area contributed by atoms with E-state index in [0.29, 0.717) is 24.4 Å². The van der Waals surface area contributed by atoms with Crippen LogP contribution in [0.4, 0.5) is 0 Å². The van der Waals surface area contributed by atoms with Gasteiger partial charge in [-0.1, -0.05) is 13.8 Å². The van der Waals surface area contributed by atoms with E-state index in [-0.39, 0.29) is 30.7 Å². The van der Waals surface area contributed by atoms with Gasteiger partial charge < -0.3 is 15.1 Å². The third kappa shape index (κ3) is 6.23. The summed E-state index contributed by atoms with van der Waals surface area (Å²) in [5.41, 5.74) is 0.401. The summed E-state index contributed by atoms with van der Waals surface area (Å²) >= 11 is 0. The normalized spacial score (nSPS) is 9.22. The lowest BCUT2D eigenvalue weighted by atomic mass is 10.2. The number of rotatable bonds is 7. The number of carbonyl (C=O) groups excluding carboxylic acids is 1. The summed E-state index contributed by atoms with van der Waals surface area (Å²) in [5.74, 6) is 0.475. The Morgan fingerprint density at radius 1 is 1.28 bits per heavy atom. The number of nitrogens with zero attached hydrogens (tertiary/aromatic N) is 1. The molecule has 7 heteroatoms. The maximum Gasteiger partial charge on any atom is 0.273 e. The lowest BCUT2D eigenvalue weighted by Gasteiger charge is -2.04. The molecule has 1 amide bonds. The van der Waals surface area contributed by atoms with Crippen molar-refractivity contribution in [1.29, 1.82) is 0 Å². The van der Waals surface area contributed by atoms with Gasteiger partial charge in [0.25, 0.3) is 5.91 Å². The van der Waals surface area contributed by atoms with E-state index in [0.717, 1.165) is 19.5 Å². The minimum Gasteiger partial charge on any atom is -0.448 e. The van der Waals surface area contributed by atoms with Crippen LogP contribution in [0.1, 0.15) is 36.5 Å². The molecule has 0 bridgehead atoms. The van der Waals surface area contributed by atoms with Gasteiger partial charge in [0.1, 0.15) is 5.76 Å². The molecule has 1 aromatic heterocycles. The monoisotopic (exact) mass is 297 g/mol. The number of aromatic nitrogens is 1. The Morgan fingerprint density at radius 3 is 2.61 bits per heavy atom. The zero-order valence-corrected chi connectivity index (χ0v) is 12.3. The summed E-state index contributed by atoms with van der Waals surface area (Å²) in [5, 5.41) is 6.00. The van der Waals surface area contributed by atoms with E-state index in [4.69, 9.17) is 4.42 Å². The molecule has 0 aliphatic heterocycles. The lowest BCUT2D eigenvalue weighted by molar-refractivity contribution is 0.0947. The van der Waals surface area contributed by atoms with E-state index in [2.05, 4.69) is 22.5 Å².